The molecule has 8 nitrogen and oxygen atoms in total. The first-order chi connectivity index (χ1) is 14.7. The lowest BCUT2D eigenvalue weighted by molar-refractivity contribution is -0.116. The highest BCUT2D eigenvalue weighted by Crippen LogP contribution is 2.25. The number of aromatic nitrogens is 5. The largest absolute Gasteiger partial charge is 0.309 e. The predicted octanol–water partition coefficient (Wildman–Crippen LogP) is 3.22. The van der Waals surface area contributed by atoms with Gasteiger partial charge in [0.1, 0.15) is 12.4 Å². The van der Waals surface area contributed by atoms with Gasteiger partial charge in [0.25, 0.3) is 5.56 Å². The number of para-hydroxylation sites is 1. The second-order valence-corrected chi connectivity index (χ2v) is 8.46. The number of aryl methyl sites for hydroxylation is 1. The zero-order chi connectivity index (χ0) is 22.2. The van der Waals surface area contributed by atoms with E-state index in [-0.39, 0.29) is 23.4 Å². The molecule has 0 aliphatic heterocycles. The summed E-state index contributed by atoms with van der Waals surface area (Å²) in [6, 6.07) is 12.7. The van der Waals surface area contributed by atoms with E-state index in [1.807, 2.05) is 64.1 Å². The number of nitrogens with zero attached hydrogens (tertiary/aromatic N) is 5. The van der Waals surface area contributed by atoms with Gasteiger partial charge in [-0.3, -0.25) is 14.2 Å². The monoisotopic (exact) mass is 416 g/mol. The van der Waals surface area contributed by atoms with Gasteiger partial charge in [-0.05, 0) is 30.7 Å². The zero-order valence-corrected chi connectivity index (χ0v) is 18.0. The summed E-state index contributed by atoms with van der Waals surface area (Å²) >= 11 is 0. The topological polar surface area (TPSA) is 94.7 Å². The number of pyridine rings is 1. The second kappa shape index (κ2) is 7.79. The van der Waals surface area contributed by atoms with Gasteiger partial charge in [0.15, 0.2) is 5.82 Å². The molecule has 3 aromatic heterocycles. The summed E-state index contributed by atoms with van der Waals surface area (Å²) in [6.45, 7) is 7.88. The van der Waals surface area contributed by atoms with Gasteiger partial charge in [-0.15, -0.1) is 0 Å². The fraction of sp³-hybridized carbons (Fsp3) is 0.261. The standard InChI is InChI=1S/C23H24N6O2/c1-15-8-7-9-16-21(15)25-14-28(22(16)31)13-20(30)26-19-12-17(23(2,3)4)27-29(19)18-10-5-6-11-24-18/h5-12,14H,13H2,1-4H3,(H,26,30). The molecule has 0 aliphatic rings. The summed E-state index contributed by atoms with van der Waals surface area (Å²) < 4.78 is 2.91. The zero-order valence-electron chi connectivity index (χ0n) is 18.0. The Kier molecular flexibility index (Phi) is 5.14. The Morgan fingerprint density at radius 2 is 1.90 bits per heavy atom. The maximum absolute atomic E-state index is 12.8. The molecule has 0 aliphatic carbocycles. The Morgan fingerprint density at radius 3 is 2.61 bits per heavy atom. The average molecular weight is 416 g/mol. The molecule has 0 bridgehead atoms. The molecule has 0 fully saturated rings. The SMILES string of the molecule is Cc1cccc2c(=O)n(CC(=O)Nc3cc(C(C)(C)C)nn3-c3ccccn3)cnc12. The summed E-state index contributed by atoms with van der Waals surface area (Å²) in [7, 11) is 0. The molecule has 0 radical (unpaired) electrons. The first-order valence-electron chi connectivity index (χ1n) is 10.0. The number of hydrogen-bond acceptors (Lipinski definition) is 5. The van der Waals surface area contributed by atoms with Crippen molar-refractivity contribution in [1.29, 1.82) is 0 Å². The van der Waals surface area contributed by atoms with E-state index >= 15 is 0 Å². The Labute approximate surface area is 179 Å². The van der Waals surface area contributed by atoms with E-state index in [9.17, 15) is 9.59 Å². The predicted molar refractivity (Wildman–Crippen MR) is 119 cm³/mol. The first kappa shape index (κ1) is 20.5. The van der Waals surface area contributed by atoms with E-state index in [0.717, 1.165) is 11.3 Å². The minimum atomic E-state index is -0.353. The maximum atomic E-state index is 12.8. The number of hydrogen-bond donors (Lipinski definition) is 1. The van der Waals surface area contributed by atoms with Crippen molar-refractivity contribution in [2.24, 2.45) is 0 Å². The third-order valence-electron chi connectivity index (χ3n) is 4.98. The van der Waals surface area contributed by atoms with Crippen molar-refractivity contribution >= 4 is 22.6 Å². The van der Waals surface area contributed by atoms with E-state index < -0.39 is 0 Å². The van der Waals surface area contributed by atoms with Crippen molar-refractivity contribution in [3.63, 3.8) is 0 Å². The molecule has 4 rings (SSSR count). The van der Waals surface area contributed by atoms with Gasteiger partial charge >= 0.3 is 0 Å². The molecule has 0 unspecified atom stereocenters. The number of rotatable bonds is 4. The second-order valence-electron chi connectivity index (χ2n) is 8.46. The molecule has 1 amide bonds. The highest BCUT2D eigenvalue weighted by atomic mass is 16.2. The van der Waals surface area contributed by atoms with Crippen LogP contribution in [0.15, 0.2) is 59.8 Å². The minimum absolute atomic E-state index is 0.159. The van der Waals surface area contributed by atoms with E-state index in [4.69, 9.17) is 0 Å². The molecule has 31 heavy (non-hydrogen) atoms. The highest BCUT2D eigenvalue weighted by Gasteiger charge is 2.22. The Bertz CT molecular complexity index is 1320. The fourth-order valence-electron chi connectivity index (χ4n) is 3.28. The lowest BCUT2D eigenvalue weighted by Crippen LogP contribution is -2.28. The van der Waals surface area contributed by atoms with Crippen LogP contribution >= 0.6 is 0 Å². The molecular weight excluding hydrogens is 392 g/mol. The molecule has 0 saturated carbocycles. The number of benzene rings is 1. The van der Waals surface area contributed by atoms with Crippen molar-refractivity contribution in [3.8, 4) is 5.82 Å². The quantitative estimate of drug-likeness (QED) is 0.551. The van der Waals surface area contributed by atoms with E-state index in [0.29, 0.717) is 22.5 Å². The number of anilines is 1. The van der Waals surface area contributed by atoms with Gasteiger partial charge in [-0.1, -0.05) is 39.0 Å². The third-order valence-corrected chi connectivity index (χ3v) is 4.98. The van der Waals surface area contributed by atoms with Gasteiger partial charge in [0.2, 0.25) is 5.91 Å². The average Bonchev–Trinajstić information content (AvgIpc) is 3.15. The van der Waals surface area contributed by atoms with Crippen LogP contribution in [0.4, 0.5) is 5.82 Å². The molecular formula is C23H24N6O2. The van der Waals surface area contributed by atoms with Crippen molar-refractivity contribution in [2.45, 2.75) is 39.7 Å². The molecule has 1 aromatic carbocycles. The van der Waals surface area contributed by atoms with E-state index in [1.54, 1.807) is 16.9 Å². The van der Waals surface area contributed by atoms with Gasteiger partial charge in [-0.25, -0.2) is 9.97 Å². The number of carbonyl (C=O) groups is 1. The normalized spacial score (nSPS) is 11.6. The van der Waals surface area contributed by atoms with Crippen molar-refractivity contribution in [2.75, 3.05) is 5.32 Å². The van der Waals surface area contributed by atoms with Crippen LogP contribution in [-0.2, 0) is 16.8 Å². The molecule has 0 atom stereocenters. The van der Waals surface area contributed by atoms with Gasteiger partial charge < -0.3 is 5.32 Å². The maximum Gasteiger partial charge on any atom is 0.261 e. The number of amides is 1. The number of fused-ring (bicyclic) bond motifs is 1. The smallest absolute Gasteiger partial charge is 0.261 e. The lowest BCUT2D eigenvalue weighted by Gasteiger charge is -2.13. The summed E-state index contributed by atoms with van der Waals surface area (Å²) in [5.74, 6) is 0.730. The van der Waals surface area contributed by atoms with Crippen LogP contribution in [0.1, 0.15) is 32.0 Å². The number of nitrogens with one attached hydrogen (secondary N) is 1. The van der Waals surface area contributed by atoms with E-state index in [2.05, 4.69) is 20.4 Å². The molecule has 0 saturated heterocycles. The Hall–Kier alpha value is -3.81. The van der Waals surface area contributed by atoms with Crippen LogP contribution < -0.4 is 10.9 Å². The molecule has 1 N–H and O–H groups in total. The summed E-state index contributed by atoms with van der Waals surface area (Å²) in [5.41, 5.74) is 1.91. The Morgan fingerprint density at radius 1 is 1.10 bits per heavy atom. The molecule has 3 heterocycles. The van der Waals surface area contributed by atoms with Crippen LogP contribution in [0, 0.1) is 6.92 Å². The fourth-order valence-corrected chi connectivity index (χ4v) is 3.28. The molecule has 4 aromatic rings. The molecule has 8 heteroatoms. The Balaban J connectivity index is 1.65. The highest BCUT2D eigenvalue weighted by molar-refractivity contribution is 5.90. The van der Waals surface area contributed by atoms with Crippen LogP contribution in [0.5, 0.6) is 0 Å². The van der Waals surface area contributed by atoms with Gasteiger partial charge in [0.05, 0.1) is 22.9 Å². The first-order valence-corrected chi connectivity index (χ1v) is 10.0. The molecule has 0 spiro atoms. The van der Waals surface area contributed by atoms with Crippen molar-refractivity contribution < 1.29 is 4.79 Å². The van der Waals surface area contributed by atoms with Gasteiger partial charge in [0, 0.05) is 17.7 Å². The number of carbonyl (C=O) groups excluding carboxylic acids is 1. The minimum Gasteiger partial charge on any atom is -0.309 e. The summed E-state index contributed by atoms with van der Waals surface area (Å²) in [4.78, 5) is 34.3. The summed E-state index contributed by atoms with van der Waals surface area (Å²) in [6.07, 6.45) is 3.08. The van der Waals surface area contributed by atoms with E-state index in [1.165, 1.54) is 10.9 Å². The summed E-state index contributed by atoms with van der Waals surface area (Å²) in [5, 5.41) is 8.00. The van der Waals surface area contributed by atoms with Crippen LogP contribution in [-0.4, -0.2) is 30.2 Å². The molecule has 158 valence electrons. The van der Waals surface area contributed by atoms with Crippen molar-refractivity contribution in [3.05, 3.63) is 76.6 Å². The van der Waals surface area contributed by atoms with Crippen LogP contribution in [0.25, 0.3) is 16.7 Å². The van der Waals surface area contributed by atoms with Crippen LogP contribution in [0.2, 0.25) is 0 Å². The van der Waals surface area contributed by atoms with Gasteiger partial charge in [-0.2, -0.15) is 9.78 Å². The third kappa shape index (κ3) is 4.09. The van der Waals surface area contributed by atoms with Crippen molar-refractivity contribution in [1.82, 2.24) is 24.3 Å². The van der Waals surface area contributed by atoms with Crippen LogP contribution in [0.3, 0.4) is 0 Å². The lowest BCUT2D eigenvalue weighted by atomic mass is 9.92.